The van der Waals surface area contributed by atoms with Gasteiger partial charge in [-0.25, -0.2) is 0 Å². The molecule has 1 N–H and O–H groups in total. The first-order valence-electron chi connectivity index (χ1n) is 9.66. The number of methoxy groups -OCH3 is 1. The summed E-state index contributed by atoms with van der Waals surface area (Å²) < 4.78 is 6.97. The van der Waals surface area contributed by atoms with Crippen molar-refractivity contribution in [3.8, 4) is 11.4 Å². The van der Waals surface area contributed by atoms with Gasteiger partial charge in [-0.3, -0.25) is 14.2 Å². The summed E-state index contributed by atoms with van der Waals surface area (Å²) in [6, 6.07) is 13.2. The lowest BCUT2D eigenvalue weighted by Gasteiger charge is -2.17. The van der Waals surface area contributed by atoms with Crippen molar-refractivity contribution in [1.82, 2.24) is 19.7 Å². The first kappa shape index (κ1) is 22.4. The Kier molecular flexibility index (Phi) is 7.30. The molecule has 31 heavy (non-hydrogen) atoms. The van der Waals surface area contributed by atoms with Crippen LogP contribution in [0.2, 0.25) is 0 Å². The monoisotopic (exact) mass is 439 g/mol. The number of amides is 2. The molecule has 0 saturated heterocycles. The number of rotatable bonds is 8. The van der Waals surface area contributed by atoms with E-state index < -0.39 is 0 Å². The summed E-state index contributed by atoms with van der Waals surface area (Å²) in [5.41, 5.74) is 3.73. The maximum absolute atomic E-state index is 12.5. The van der Waals surface area contributed by atoms with Gasteiger partial charge in [0.15, 0.2) is 5.16 Å². The number of hydrogen-bond acceptors (Lipinski definition) is 6. The predicted molar refractivity (Wildman–Crippen MR) is 121 cm³/mol. The summed E-state index contributed by atoms with van der Waals surface area (Å²) in [7, 11) is 3.22. The number of nitrogens with zero attached hydrogens (tertiary/aromatic N) is 4. The maximum Gasteiger partial charge on any atom is 0.243 e. The zero-order valence-electron chi connectivity index (χ0n) is 18.0. The number of hydrogen-bond donors (Lipinski definition) is 1. The first-order valence-corrected chi connectivity index (χ1v) is 10.6. The summed E-state index contributed by atoms with van der Waals surface area (Å²) in [6.07, 6.45) is 1.59. The Balaban J connectivity index is 1.55. The van der Waals surface area contributed by atoms with Crippen LogP contribution < -0.4 is 10.1 Å². The molecule has 9 heteroatoms. The van der Waals surface area contributed by atoms with Crippen LogP contribution in [0.5, 0.6) is 5.75 Å². The summed E-state index contributed by atoms with van der Waals surface area (Å²) >= 11 is 1.27. The molecule has 0 spiro atoms. The summed E-state index contributed by atoms with van der Waals surface area (Å²) in [5, 5.41) is 11.5. The molecule has 2 amide bonds. The second-order valence-electron chi connectivity index (χ2n) is 7.02. The molecule has 3 aromatic rings. The minimum Gasteiger partial charge on any atom is -0.497 e. The third-order valence-corrected chi connectivity index (χ3v) is 5.80. The van der Waals surface area contributed by atoms with Crippen LogP contribution in [-0.4, -0.2) is 57.9 Å². The Morgan fingerprint density at radius 1 is 1.16 bits per heavy atom. The Morgan fingerprint density at radius 3 is 2.61 bits per heavy atom. The number of aromatic nitrogens is 3. The molecule has 0 bridgehead atoms. The standard InChI is InChI=1S/C22H25N5O3S/c1-15-6-5-7-19(16(15)2)24-20(28)12-26(3)21(29)13-31-22-25-23-14-27(22)17-8-10-18(30-4)11-9-17/h5-11,14H,12-13H2,1-4H3,(H,24,28). The number of ether oxygens (including phenoxy) is 1. The minimum atomic E-state index is -0.240. The van der Waals surface area contributed by atoms with Crippen LogP contribution >= 0.6 is 11.8 Å². The fourth-order valence-corrected chi connectivity index (χ4v) is 3.73. The molecule has 162 valence electrons. The Hall–Kier alpha value is -3.33. The molecule has 0 aliphatic carbocycles. The lowest BCUT2D eigenvalue weighted by Crippen LogP contribution is -2.36. The van der Waals surface area contributed by atoms with E-state index >= 15 is 0 Å². The van der Waals surface area contributed by atoms with Crippen molar-refractivity contribution in [2.75, 3.05) is 31.8 Å². The molecule has 3 rings (SSSR count). The van der Waals surface area contributed by atoms with Crippen molar-refractivity contribution in [2.45, 2.75) is 19.0 Å². The molecule has 0 fully saturated rings. The molecule has 1 heterocycles. The van der Waals surface area contributed by atoms with E-state index in [0.29, 0.717) is 5.16 Å². The van der Waals surface area contributed by atoms with E-state index in [1.54, 1.807) is 25.1 Å². The average Bonchev–Trinajstić information content (AvgIpc) is 3.23. The average molecular weight is 440 g/mol. The minimum absolute atomic E-state index is 0.0298. The van der Waals surface area contributed by atoms with Crippen molar-refractivity contribution >= 4 is 29.3 Å². The van der Waals surface area contributed by atoms with Gasteiger partial charge in [0.2, 0.25) is 11.8 Å². The third kappa shape index (κ3) is 5.64. The summed E-state index contributed by atoms with van der Waals surface area (Å²) in [5.74, 6) is 0.477. The van der Waals surface area contributed by atoms with Crippen molar-refractivity contribution in [3.05, 3.63) is 59.9 Å². The van der Waals surface area contributed by atoms with E-state index in [-0.39, 0.29) is 24.1 Å². The SMILES string of the molecule is COc1ccc(-n2cnnc2SCC(=O)N(C)CC(=O)Nc2cccc(C)c2C)cc1. The van der Waals surface area contributed by atoms with Gasteiger partial charge in [0.05, 0.1) is 19.4 Å². The fourth-order valence-electron chi connectivity index (χ4n) is 2.86. The van der Waals surface area contributed by atoms with Crippen LogP contribution in [0.25, 0.3) is 5.69 Å². The zero-order chi connectivity index (χ0) is 22.4. The summed E-state index contributed by atoms with van der Waals surface area (Å²) in [6.45, 7) is 3.91. The molecule has 8 nitrogen and oxygen atoms in total. The lowest BCUT2D eigenvalue weighted by molar-refractivity contribution is -0.131. The number of nitrogens with one attached hydrogen (secondary N) is 1. The largest absolute Gasteiger partial charge is 0.497 e. The normalized spacial score (nSPS) is 10.6. The van der Waals surface area contributed by atoms with Crippen LogP contribution in [0.1, 0.15) is 11.1 Å². The van der Waals surface area contributed by atoms with E-state index in [0.717, 1.165) is 28.3 Å². The molecule has 1 aromatic heterocycles. The molecule has 0 aliphatic heterocycles. The number of aryl methyl sites for hydroxylation is 1. The molecular weight excluding hydrogens is 414 g/mol. The number of thioether (sulfide) groups is 1. The highest BCUT2D eigenvalue weighted by atomic mass is 32.2. The number of carbonyl (C=O) groups is 2. The van der Waals surface area contributed by atoms with E-state index in [1.807, 2.05) is 56.3 Å². The van der Waals surface area contributed by atoms with Gasteiger partial charge in [-0.2, -0.15) is 0 Å². The third-order valence-electron chi connectivity index (χ3n) is 4.88. The Bertz CT molecular complexity index is 1070. The molecule has 0 atom stereocenters. The fraction of sp³-hybridized carbons (Fsp3) is 0.273. The van der Waals surface area contributed by atoms with Gasteiger partial charge < -0.3 is 15.0 Å². The van der Waals surface area contributed by atoms with Crippen LogP contribution in [0.3, 0.4) is 0 Å². The second kappa shape index (κ2) is 10.1. The van der Waals surface area contributed by atoms with Crippen LogP contribution in [0.4, 0.5) is 5.69 Å². The van der Waals surface area contributed by atoms with Gasteiger partial charge >= 0.3 is 0 Å². The van der Waals surface area contributed by atoms with Gasteiger partial charge in [-0.1, -0.05) is 23.9 Å². The van der Waals surface area contributed by atoms with Crippen molar-refractivity contribution in [1.29, 1.82) is 0 Å². The van der Waals surface area contributed by atoms with Crippen LogP contribution in [0, 0.1) is 13.8 Å². The number of anilines is 1. The Labute approximate surface area is 185 Å². The molecular formula is C22H25N5O3S. The van der Waals surface area contributed by atoms with Crippen molar-refractivity contribution in [3.63, 3.8) is 0 Å². The highest BCUT2D eigenvalue weighted by molar-refractivity contribution is 7.99. The first-order chi connectivity index (χ1) is 14.9. The van der Waals surface area contributed by atoms with Crippen LogP contribution in [-0.2, 0) is 9.59 Å². The highest BCUT2D eigenvalue weighted by Gasteiger charge is 2.16. The van der Waals surface area contributed by atoms with Crippen molar-refractivity contribution in [2.24, 2.45) is 0 Å². The smallest absolute Gasteiger partial charge is 0.243 e. The van der Waals surface area contributed by atoms with Gasteiger partial charge in [-0.05, 0) is 55.3 Å². The quantitative estimate of drug-likeness (QED) is 0.543. The topological polar surface area (TPSA) is 89.3 Å². The molecule has 2 aromatic carbocycles. The second-order valence-corrected chi connectivity index (χ2v) is 7.96. The van der Waals surface area contributed by atoms with Gasteiger partial charge in [-0.15, -0.1) is 10.2 Å². The number of carbonyl (C=O) groups excluding carboxylic acids is 2. The van der Waals surface area contributed by atoms with Crippen LogP contribution in [0.15, 0.2) is 53.9 Å². The number of benzene rings is 2. The zero-order valence-corrected chi connectivity index (χ0v) is 18.8. The highest BCUT2D eigenvalue weighted by Crippen LogP contribution is 2.22. The van der Waals surface area contributed by atoms with Gasteiger partial charge in [0.25, 0.3) is 0 Å². The Morgan fingerprint density at radius 2 is 1.90 bits per heavy atom. The van der Waals surface area contributed by atoms with E-state index in [2.05, 4.69) is 15.5 Å². The molecule has 0 unspecified atom stereocenters. The van der Waals surface area contributed by atoms with E-state index in [4.69, 9.17) is 4.74 Å². The van der Waals surface area contributed by atoms with E-state index in [1.165, 1.54) is 16.7 Å². The molecule has 0 saturated carbocycles. The van der Waals surface area contributed by atoms with Gasteiger partial charge in [0.1, 0.15) is 12.1 Å². The van der Waals surface area contributed by atoms with E-state index in [9.17, 15) is 9.59 Å². The van der Waals surface area contributed by atoms with Gasteiger partial charge in [0, 0.05) is 18.4 Å². The number of likely N-dealkylation sites (N-methyl/N-ethyl adjacent to an activating group) is 1. The van der Waals surface area contributed by atoms with Crippen molar-refractivity contribution < 1.29 is 14.3 Å². The molecule has 0 aliphatic rings. The molecule has 0 radical (unpaired) electrons. The maximum atomic E-state index is 12.5. The predicted octanol–water partition coefficient (Wildman–Crippen LogP) is 3.08. The lowest BCUT2D eigenvalue weighted by atomic mass is 10.1. The summed E-state index contributed by atoms with van der Waals surface area (Å²) in [4.78, 5) is 26.3.